The SMILES string of the molecule is COc1ccc([N+](=O)[O-])cc1OCCOC1CC1. The summed E-state index contributed by atoms with van der Waals surface area (Å²) < 4.78 is 16.0. The molecule has 1 saturated carbocycles. The van der Waals surface area contributed by atoms with E-state index in [1.165, 1.54) is 25.3 Å². The largest absolute Gasteiger partial charge is 0.493 e. The standard InChI is InChI=1S/C12H15NO5/c1-16-11-5-2-9(13(14)15)8-12(11)18-7-6-17-10-3-4-10/h2,5,8,10H,3-4,6-7H2,1H3. The van der Waals surface area contributed by atoms with Gasteiger partial charge in [-0.1, -0.05) is 0 Å². The van der Waals surface area contributed by atoms with Crippen LogP contribution >= 0.6 is 0 Å². The van der Waals surface area contributed by atoms with Crippen molar-refractivity contribution in [3.63, 3.8) is 0 Å². The number of rotatable bonds is 7. The second kappa shape index (κ2) is 5.68. The zero-order valence-electron chi connectivity index (χ0n) is 10.1. The van der Waals surface area contributed by atoms with Gasteiger partial charge in [-0.2, -0.15) is 0 Å². The second-order valence-electron chi connectivity index (χ2n) is 4.01. The van der Waals surface area contributed by atoms with Crippen molar-refractivity contribution in [3.05, 3.63) is 28.3 Å². The molecule has 18 heavy (non-hydrogen) atoms. The average Bonchev–Trinajstić information content (AvgIpc) is 3.18. The van der Waals surface area contributed by atoms with E-state index < -0.39 is 4.92 Å². The van der Waals surface area contributed by atoms with Crippen LogP contribution < -0.4 is 9.47 Å². The average molecular weight is 253 g/mol. The van der Waals surface area contributed by atoms with Gasteiger partial charge in [0.25, 0.3) is 5.69 Å². The Kier molecular flexibility index (Phi) is 3.99. The Morgan fingerprint density at radius 2 is 2.11 bits per heavy atom. The third kappa shape index (κ3) is 3.33. The van der Waals surface area contributed by atoms with Gasteiger partial charge in [0.1, 0.15) is 6.61 Å². The van der Waals surface area contributed by atoms with Crippen LogP contribution in [0.25, 0.3) is 0 Å². The van der Waals surface area contributed by atoms with Gasteiger partial charge in [0.05, 0.1) is 30.8 Å². The monoisotopic (exact) mass is 253 g/mol. The number of non-ortho nitro benzene ring substituents is 1. The Bertz CT molecular complexity index is 430. The molecule has 2 rings (SSSR count). The maximum Gasteiger partial charge on any atom is 0.273 e. The molecule has 1 fully saturated rings. The molecule has 0 spiro atoms. The minimum atomic E-state index is -0.465. The van der Waals surface area contributed by atoms with Crippen molar-refractivity contribution in [1.82, 2.24) is 0 Å². The molecule has 1 aliphatic rings. The Labute approximate surface area is 105 Å². The maximum absolute atomic E-state index is 10.7. The lowest BCUT2D eigenvalue weighted by molar-refractivity contribution is -0.385. The molecule has 0 saturated heterocycles. The van der Waals surface area contributed by atoms with Crippen LogP contribution in [0.5, 0.6) is 11.5 Å². The molecule has 0 aromatic heterocycles. The van der Waals surface area contributed by atoms with E-state index in [-0.39, 0.29) is 5.69 Å². The molecule has 0 bridgehead atoms. The van der Waals surface area contributed by atoms with Crippen molar-refractivity contribution in [2.24, 2.45) is 0 Å². The highest BCUT2D eigenvalue weighted by Gasteiger charge is 2.21. The van der Waals surface area contributed by atoms with Crippen LogP contribution in [-0.4, -0.2) is 31.4 Å². The van der Waals surface area contributed by atoms with Crippen molar-refractivity contribution in [3.8, 4) is 11.5 Å². The first-order valence-corrected chi connectivity index (χ1v) is 5.77. The van der Waals surface area contributed by atoms with Gasteiger partial charge in [-0.05, 0) is 18.9 Å². The third-order valence-corrected chi connectivity index (χ3v) is 2.58. The lowest BCUT2D eigenvalue weighted by Crippen LogP contribution is -2.08. The first-order valence-electron chi connectivity index (χ1n) is 5.77. The van der Waals surface area contributed by atoms with Crippen LogP contribution in [0.3, 0.4) is 0 Å². The summed E-state index contributed by atoms with van der Waals surface area (Å²) in [5.74, 6) is 0.845. The number of hydrogen-bond acceptors (Lipinski definition) is 5. The quantitative estimate of drug-likeness (QED) is 0.423. The van der Waals surface area contributed by atoms with Gasteiger partial charge < -0.3 is 14.2 Å². The summed E-state index contributed by atoms with van der Waals surface area (Å²) in [7, 11) is 1.49. The fraction of sp³-hybridized carbons (Fsp3) is 0.500. The lowest BCUT2D eigenvalue weighted by Gasteiger charge is -2.10. The normalized spacial score (nSPS) is 14.3. The molecule has 0 unspecified atom stereocenters. The van der Waals surface area contributed by atoms with Crippen LogP contribution in [0.4, 0.5) is 5.69 Å². The van der Waals surface area contributed by atoms with Gasteiger partial charge in [0.2, 0.25) is 0 Å². The molecule has 98 valence electrons. The third-order valence-electron chi connectivity index (χ3n) is 2.58. The first-order chi connectivity index (χ1) is 8.70. The van der Waals surface area contributed by atoms with E-state index in [9.17, 15) is 10.1 Å². The minimum absolute atomic E-state index is 0.0195. The van der Waals surface area contributed by atoms with Crippen molar-refractivity contribution >= 4 is 5.69 Å². The highest BCUT2D eigenvalue weighted by atomic mass is 16.6. The fourth-order valence-corrected chi connectivity index (χ4v) is 1.49. The van der Waals surface area contributed by atoms with Crippen LogP contribution in [0.1, 0.15) is 12.8 Å². The summed E-state index contributed by atoms with van der Waals surface area (Å²) in [5.41, 5.74) is -0.0195. The fourth-order valence-electron chi connectivity index (χ4n) is 1.49. The number of nitrogens with zero attached hydrogens (tertiary/aromatic N) is 1. The molecule has 0 atom stereocenters. The molecular formula is C12H15NO5. The molecular weight excluding hydrogens is 238 g/mol. The van der Waals surface area contributed by atoms with Crippen LogP contribution in [-0.2, 0) is 4.74 Å². The van der Waals surface area contributed by atoms with Crippen LogP contribution in [0.2, 0.25) is 0 Å². The molecule has 6 heteroatoms. The predicted octanol–water partition coefficient (Wildman–Crippen LogP) is 2.16. The van der Waals surface area contributed by atoms with Gasteiger partial charge in [-0.15, -0.1) is 0 Å². The van der Waals surface area contributed by atoms with E-state index >= 15 is 0 Å². The summed E-state index contributed by atoms with van der Waals surface area (Å²) in [6, 6.07) is 4.26. The lowest BCUT2D eigenvalue weighted by atomic mass is 10.3. The summed E-state index contributed by atoms with van der Waals surface area (Å²) in [5, 5.41) is 10.7. The molecule has 1 aromatic carbocycles. The van der Waals surface area contributed by atoms with E-state index in [1.807, 2.05) is 0 Å². The topological polar surface area (TPSA) is 70.8 Å². The highest BCUT2D eigenvalue weighted by molar-refractivity contribution is 5.48. The Morgan fingerprint density at radius 1 is 1.33 bits per heavy atom. The van der Waals surface area contributed by atoms with Gasteiger partial charge >= 0.3 is 0 Å². The molecule has 0 amide bonds. The smallest absolute Gasteiger partial charge is 0.273 e. The zero-order valence-corrected chi connectivity index (χ0v) is 10.1. The number of benzene rings is 1. The first kappa shape index (κ1) is 12.6. The Morgan fingerprint density at radius 3 is 2.72 bits per heavy atom. The summed E-state index contributed by atoms with van der Waals surface area (Å²) in [6.07, 6.45) is 2.60. The van der Waals surface area contributed by atoms with Crippen LogP contribution in [0, 0.1) is 10.1 Å². The molecule has 0 N–H and O–H groups in total. The molecule has 6 nitrogen and oxygen atoms in total. The van der Waals surface area contributed by atoms with Gasteiger partial charge in [0.15, 0.2) is 11.5 Å². The van der Waals surface area contributed by atoms with E-state index in [2.05, 4.69) is 0 Å². The van der Waals surface area contributed by atoms with Gasteiger partial charge in [-0.3, -0.25) is 10.1 Å². The van der Waals surface area contributed by atoms with Gasteiger partial charge in [0, 0.05) is 6.07 Å². The van der Waals surface area contributed by atoms with Crippen LogP contribution in [0.15, 0.2) is 18.2 Å². The van der Waals surface area contributed by atoms with E-state index in [0.717, 1.165) is 12.8 Å². The summed E-state index contributed by atoms with van der Waals surface area (Å²) in [6.45, 7) is 0.838. The highest BCUT2D eigenvalue weighted by Crippen LogP contribution is 2.31. The van der Waals surface area contributed by atoms with Crippen molar-refractivity contribution in [1.29, 1.82) is 0 Å². The zero-order chi connectivity index (χ0) is 13.0. The Balaban J connectivity index is 1.94. The number of hydrogen-bond donors (Lipinski definition) is 0. The molecule has 0 heterocycles. The van der Waals surface area contributed by atoms with Gasteiger partial charge in [-0.25, -0.2) is 0 Å². The van der Waals surface area contributed by atoms with E-state index in [1.54, 1.807) is 0 Å². The molecule has 0 aliphatic heterocycles. The minimum Gasteiger partial charge on any atom is -0.493 e. The van der Waals surface area contributed by atoms with Crippen molar-refractivity contribution in [2.75, 3.05) is 20.3 Å². The maximum atomic E-state index is 10.7. The number of nitro benzene ring substituents is 1. The van der Waals surface area contributed by atoms with E-state index in [0.29, 0.717) is 30.8 Å². The number of methoxy groups -OCH3 is 1. The predicted molar refractivity (Wildman–Crippen MR) is 64.1 cm³/mol. The second-order valence-corrected chi connectivity index (χ2v) is 4.01. The molecule has 1 aliphatic carbocycles. The summed E-state index contributed by atoms with van der Waals surface area (Å²) >= 11 is 0. The number of ether oxygens (including phenoxy) is 3. The Hall–Kier alpha value is -1.82. The van der Waals surface area contributed by atoms with E-state index in [4.69, 9.17) is 14.2 Å². The number of nitro groups is 1. The molecule has 0 radical (unpaired) electrons. The summed E-state index contributed by atoms with van der Waals surface area (Å²) in [4.78, 5) is 10.2. The van der Waals surface area contributed by atoms with Crippen molar-refractivity contribution < 1.29 is 19.1 Å². The molecule has 1 aromatic rings. The van der Waals surface area contributed by atoms with Crippen molar-refractivity contribution in [2.45, 2.75) is 18.9 Å².